The van der Waals surface area contributed by atoms with Crippen molar-refractivity contribution in [3.63, 3.8) is 0 Å². The number of hydrogen-bond acceptors (Lipinski definition) is 4. The summed E-state index contributed by atoms with van der Waals surface area (Å²) in [6.45, 7) is 7.94. The molecule has 236 valence electrons. The van der Waals surface area contributed by atoms with Gasteiger partial charge < -0.3 is 10.2 Å². The van der Waals surface area contributed by atoms with Crippen LogP contribution in [0.25, 0.3) is 0 Å². The van der Waals surface area contributed by atoms with Crippen LogP contribution in [-0.4, -0.2) is 44.3 Å². The molecule has 0 aromatic heterocycles. The summed E-state index contributed by atoms with van der Waals surface area (Å²) in [7, 11) is -4.16. The number of amides is 2. The maximum absolute atomic E-state index is 14.6. The van der Waals surface area contributed by atoms with E-state index >= 15 is 0 Å². The Morgan fingerprint density at radius 2 is 1.51 bits per heavy atom. The molecule has 0 aliphatic rings. The van der Waals surface area contributed by atoms with E-state index in [-0.39, 0.29) is 29.7 Å². The lowest BCUT2D eigenvalue weighted by atomic mass is 10.0. The Kier molecular flexibility index (Phi) is 11.6. The smallest absolute Gasteiger partial charge is 0.264 e. The lowest BCUT2D eigenvalue weighted by molar-refractivity contribution is -0.140. The number of nitrogens with one attached hydrogen (secondary N) is 1. The first-order chi connectivity index (χ1) is 21.5. The molecular formula is C36H40BrN3O4S. The van der Waals surface area contributed by atoms with E-state index in [0.29, 0.717) is 16.7 Å². The van der Waals surface area contributed by atoms with Gasteiger partial charge in [0, 0.05) is 24.0 Å². The third-order valence-electron chi connectivity index (χ3n) is 7.54. The van der Waals surface area contributed by atoms with Gasteiger partial charge in [-0.2, -0.15) is 0 Å². The van der Waals surface area contributed by atoms with Crippen molar-refractivity contribution in [2.75, 3.05) is 17.4 Å². The molecule has 4 rings (SSSR count). The van der Waals surface area contributed by atoms with Crippen LogP contribution in [0.1, 0.15) is 36.1 Å². The largest absolute Gasteiger partial charge is 0.354 e. The number of sulfonamides is 1. The standard InChI is InChI=1S/C36H40BrN3O4S/c1-26(2)23-38-36(42)34(21-29-12-6-5-7-13-29)39(24-30-14-9-8-11-28(30)4)35(41)25-40(32-16-10-15-31(37)22-32)45(43,44)33-19-17-27(3)18-20-33/h5-20,22,26,34H,21,23-25H2,1-4H3,(H,38,42)/t34-/m1/s1. The van der Waals surface area contributed by atoms with Gasteiger partial charge in [0.15, 0.2) is 0 Å². The van der Waals surface area contributed by atoms with E-state index in [1.807, 2.05) is 82.3 Å². The number of rotatable bonds is 13. The van der Waals surface area contributed by atoms with Crippen molar-refractivity contribution in [3.05, 3.63) is 130 Å². The van der Waals surface area contributed by atoms with E-state index < -0.39 is 28.5 Å². The number of carbonyl (C=O) groups excluding carboxylic acids is 2. The van der Waals surface area contributed by atoms with Crippen molar-refractivity contribution in [2.24, 2.45) is 5.92 Å². The fraction of sp³-hybridized carbons (Fsp3) is 0.278. The quantitative estimate of drug-likeness (QED) is 0.170. The lowest BCUT2D eigenvalue weighted by Crippen LogP contribution is -2.53. The van der Waals surface area contributed by atoms with Crippen molar-refractivity contribution in [1.29, 1.82) is 0 Å². The van der Waals surface area contributed by atoms with E-state index in [4.69, 9.17) is 0 Å². The molecule has 1 atom stereocenters. The van der Waals surface area contributed by atoms with E-state index in [9.17, 15) is 18.0 Å². The van der Waals surface area contributed by atoms with Gasteiger partial charge in [-0.1, -0.05) is 108 Å². The first-order valence-corrected chi connectivity index (χ1v) is 17.2. The predicted octanol–water partition coefficient (Wildman–Crippen LogP) is 6.67. The second-order valence-corrected chi connectivity index (χ2v) is 14.4. The molecule has 4 aromatic rings. The van der Waals surface area contributed by atoms with Gasteiger partial charge in [-0.25, -0.2) is 8.42 Å². The summed E-state index contributed by atoms with van der Waals surface area (Å²) in [6, 6.07) is 29.8. The Balaban J connectivity index is 1.81. The Bertz CT molecular complexity index is 1710. The molecule has 0 aliphatic heterocycles. The molecule has 0 radical (unpaired) electrons. The minimum Gasteiger partial charge on any atom is -0.354 e. The summed E-state index contributed by atoms with van der Waals surface area (Å²) in [5, 5.41) is 3.02. The summed E-state index contributed by atoms with van der Waals surface area (Å²) in [4.78, 5) is 30.0. The number of benzene rings is 4. The number of aryl methyl sites for hydroxylation is 2. The SMILES string of the molecule is Cc1ccc(S(=O)(=O)N(CC(=O)N(Cc2ccccc2C)[C@H](Cc2ccccc2)C(=O)NCC(C)C)c2cccc(Br)c2)cc1. The van der Waals surface area contributed by atoms with Crippen LogP contribution in [-0.2, 0) is 32.6 Å². The third-order valence-corrected chi connectivity index (χ3v) is 9.82. The molecule has 0 spiro atoms. The molecular weight excluding hydrogens is 650 g/mol. The highest BCUT2D eigenvalue weighted by molar-refractivity contribution is 9.10. The van der Waals surface area contributed by atoms with Gasteiger partial charge in [-0.05, 0) is 66.8 Å². The molecule has 45 heavy (non-hydrogen) atoms. The zero-order valence-corrected chi connectivity index (χ0v) is 28.5. The molecule has 4 aromatic carbocycles. The predicted molar refractivity (Wildman–Crippen MR) is 183 cm³/mol. The first kappa shape index (κ1) is 33.9. The molecule has 0 bridgehead atoms. The number of hydrogen-bond donors (Lipinski definition) is 1. The topological polar surface area (TPSA) is 86.8 Å². The van der Waals surface area contributed by atoms with Gasteiger partial charge in [0.25, 0.3) is 10.0 Å². The van der Waals surface area contributed by atoms with Gasteiger partial charge in [-0.3, -0.25) is 13.9 Å². The molecule has 0 saturated carbocycles. The molecule has 0 heterocycles. The summed E-state index contributed by atoms with van der Waals surface area (Å²) in [5.41, 5.74) is 3.97. The van der Waals surface area contributed by atoms with Gasteiger partial charge in [0.05, 0.1) is 10.6 Å². The second-order valence-electron chi connectivity index (χ2n) is 11.6. The van der Waals surface area contributed by atoms with Crippen molar-refractivity contribution in [2.45, 2.75) is 51.6 Å². The second kappa shape index (κ2) is 15.4. The van der Waals surface area contributed by atoms with Gasteiger partial charge in [-0.15, -0.1) is 0 Å². The Morgan fingerprint density at radius 3 is 2.16 bits per heavy atom. The zero-order valence-electron chi connectivity index (χ0n) is 26.1. The van der Waals surface area contributed by atoms with Crippen LogP contribution < -0.4 is 9.62 Å². The van der Waals surface area contributed by atoms with Crippen LogP contribution in [0, 0.1) is 19.8 Å². The van der Waals surface area contributed by atoms with Gasteiger partial charge in [0.2, 0.25) is 11.8 Å². The third kappa shape index (κ3) is 9.05. The molecule has 1 N–H and O–H groups in total. The van der Waals surface area contributed by atoms with Crippen LogP contribution in [0.4, 0.5) is 5.69 Å². The average molecular weight is 691 g/mol. The highest BCUT2D eigenvalue weighted by Crippen LogP contribution is 2.28. The van der Waals surface area contributed by atoms with E-state index in [2.05, 4.69) is 21.2 Å². The van der Waals surface area contributed by atoms with E-state index in [1.54, 1.807) is 48.5 Å². The molecule has 2 amide bonds. The normalized spacial score (nSPS) is 12.0. The number of anilines is 1. The highest BCUT2D eigenvalue weighted by Gasteiger charge is 2.35. The van der Waals surface area contributed by atoms with Crippen LogP contribution in [0.5, 0.6) is 0 Å². The van der Waals surface area contributed by atoms with Crippen LogP contribution in [0.3, 0.4) is 0 Å². The maximum Gasteiger partial charge on any atom is 0.264 e. The Morgan fingerprint density at radius 1 is 0.844 bits per heavy atom. The van der Waals surface area contributed by atoms with E-state index in [0.717, 1.165) is 26.6 Å². The van der Waals surface area contributed by atoms with Crippen LogP contribution in [0.2, 0.25) is 0 Å². The summed E-state index contributed by atoms with van der Waals surface area (Å²) in [5.74, 6) is -0.571. The fourth-order valence-electron chi connectivity index (χ4n) is 4.94. The van der Waals surface area contributed by atoms with Gasteiger partial charge in [0.1, 0.15) is 12.6 Å². The maximum atomic E-state index is 14.6. The average Bonchev–Trinajstić information content (AvgIpc) is 3.01. The monoisotopic (exact) mass is 689 g/mol. The molecule has 0 unspecified atom stereocenters. The van der Waals surface area contributed by atoms with Crippen LogP contribution in [0.15, 0.2) is 112 Å². The molecule has 0 fully saturated rings. The van der Waals surface area contributed by atoms with Crippen molar-refractivity contribution < 1.29 is 18.0 Å². The minimum absolute atomic E-state index is 0.0711. The molecule has 7 nitrogen and oxygen atoms in total. The van der Waals surface area contributed by atoms with Crippen molar-refractivity contribution >= 4 is 43.5 Å². The molecule has 0 saturated heterocycles. The Hall–Kier alpha value is -3.95. The lowest BCUT2D eigenvalue weighted by Gasteiger charge is -2.34. The summed E-state index contributed by atoms with van der Waals surface area (Å²) >= 11 is 3.45. The Labute approximate surface area is 275 Å². The number of carbonyl (C=O) groups is 2. The molecule has 9 heteroatoms. The van der Waals surface area contributed by atoms with Crippen molar-refractivity contribution in [1.82, 2.24) is 10.2 Å². The first-order valence-electron chi connectivity index (χ1n) is 15.0. The number of nitrogens with zero attached hydrogens (tertiary/aromatic N) is 2. The van der Waals surface area contributed by atoms with Crippen LogP contribution >= 0.6 is 15.9 Å². The van der Waals surface area contributed by atoms with Crippen molar-refractivity contribution in [3.8, 4) is 0 Å². The summed E-state index contributed by atoms with van der Waals surface area (Å²) in [6.07, 6.45) is 0.268. The zero-order chi connectivity index (χ0) is 32.6. The highest BCUT2D eigenvalue weighted by atomic mass is 79.9. The summed E-state index contributed by atoms with van der Waals surface area (Å²) < 4.78 is 30.1. The van der Waals surface area contributed by atoms with E-state index in [1.165, 1.54) is 4.90 Å². The number of halogens is 1. The van der Waals surface area contributed by atoms with Gasteiger partial charge >= 0.3 is 0 Å². The molecule has 0 aliphatic carbocycles. The minimum atomic E-state index is -4.16. The fourth-order valence-corrected chi connectivity index (χ4v) is 6.74.